The van der Waals surface area contributed by atoms with Gasteiger partial charge in [0.25, 0.3) is 0 Å². The summed E-state index contributed by atoms with van der Waals surface area (Å²) < 4.78 is 4.73. The molecule has 2 aromatic carbocycles. The van der Waals surface area contributed by atoms with Gasteiger partial charge in [-0.3, -0.25) is 0 Å². The van der Waals surface area contributed by atoms with Crippen LogP contribution in [0.2, 0.25) is 0 Å². The van der Waals surface area contributed by atoms with E-state index in [1.54, 1.807) is 18.2 Å². The van der Waals surface area contributed by atoms with Gasteiger partial charge < -0.3 is 9.72 Å². The minimum absolute atomic E-state index is 0.377. The fraction of sp³-hybridized carbons (Fsp3) is 0.0625. The van der Waals surface area contributed by atoms with Crippen molar-refractivity contribution >= 4 is 39.1 Å². The highest BCUT2D eigenvalue weighted by molar-refractivity contribution is 6.06. The van der Waals surface area contributed by atoms with Crippen molar-refractivity contribution in [2.75, 3.05) is 7.11 Å². The molecule has 0 aliphatic heterocycles. The maximum absolute atomic E-state index is 11.6. The average molecular weight is 277 g/mol. The van der Waals surface area contributed by atoms with Crippen LogP contribution in [0.5, 0.6) is 0 Å². The number of hydrogen-bond donors (Lipinski definition) is 1. The second-order valence-corrected chi connectivity index (χ2v) is 4.79. The van der Waals surface area contributed by atoms with Crippen LogP contribution in [0.4, 0.5) is 0 Å². The first-order valence-corrected chi connectivity index (χ1v) is 6.53. The molecule has 0 aliphatic rings. The lowest BCUT2D eigenvalue weighted by atomic mass is 10.2. The van der Waals surface area contributed by atoms with E-state index in [4.69, 9.17) is 4.74 Å². The fourth-order valence-electron chi connectivity index (χ4n) is 2.50. The van der Waals surface area contributed by atoms with E-state index in [1.165, 1.54) is 7.11 Å². The highest BCUT2D eigenvalue weighted by Gasteiger charge is 2.11. The first-order valence-electron chi connectivity index (χ1n) is 6.53. The van der Waals surface area contributed by atoms with Gasteiger partial charge in [-0.05, 0) is 24.3 Å². The van der Waals surface area contributed by atoms with E-state index in [9.17, 15) is 4.79 Å². The Morgan fingerprint density at radius 2 is 1.95 bits per heavy atom. The highest BCUT2D eigenvalue weighted by Crippen LogP contribution is 2.24. The molecule has 2 aromatic heterocycles. The second kappa shape index (κ2) is 4.28. The summed E-state index contributed by atoms with van der Waals surface area (Å²) in [6, 6.07) is 13.1. The minimum Gasteiger partial charge on any atom is -0.465 e. The monoisotopic (exact) mass is 277 g/mol. The first-order chi connectivity index (χ1) is 10.3. The number of esters is 1. The lowest BCUT2D eigenvalue weighted by Gasteiger charge is -2.01. The molecule has 0 atom stereocenters. The molecular weight excluding hydrogens is 266 g/mol. The lowest BCUT2D eigenvalue weighted by molar-refractivity contribution is 0.0601. The van der Waals surface area contributed by atoms with E-state index in [1.807, 2.05) is 24.3 Å². The summed E-state index contributed by atoms with van der Waals surface area (Å²) in [5.41, 5.74) is 4.43. The van der Waals surface area contributed by atoms with Crippen LogP contribution in [-0.2, 0) is 4.74 Å². The Bertz CT molecular complexity index is 1000. The summed E-state index contributed by atoms with van der Waals surface area (Å²) in [7, 11) is 1.36. The Morgan fingerprint density at radius 3 is 2.81 bits per heavy atom. The van der Waals surface area contributed by atoms with Crippen molar-refractivity contribution in [3.05, 3.63) is 48.0 Å². The summed E-state index contributed by atoms with van der Waals surface area (Å²) >= 11 is 0. The normalized spacial score (nSPS) is 11.3. The summed E-state index contributed by atoms with van der Waals surface area (Å²) in [6.45, 7) is 0. The number of rotatable bonds is 1. The van der Waals surface area contributed by atoms with Gasteiger partial charge in [-0.2, -0.15) is 0 Å². The number of H-pyrrole nitrogens is 1. The molecule has 0 saturated carbocycles. The second-order valence-electron chi connectivity index (χ2n) is 4.79. The Balaban J connectivity index is 2.06. The lowest BCUT2D eigenvalue weighted by Crippen LogP contribution is -2.01. The Labute approximate surface area is 119 Å². The van der Waals surface area contributed by atoms with Crippen LogP contribution < -0.4 is 0 Å². The third kappa shape index (κ3) is 1.74. The third-order valence-corrected chi connectivity index (χ3v) is 3.52. The topological polar surface area (TPSA) is 67.9 Å². The van der Waals surface area contributed by atoms with Crippen molar-refractivity contribution in [3.8, 4) is 0 Å². The van der Waals surface area contributed by atoms with Crippen molar-refractivity contribution in [2.45, 2.75) is 0 Å². The maximum atomic E-state index is 11.6. The van der Waals surface area contributed by atoms with Crippen LogP contribution in [-0.4, -0.2) is 28.0 Å². The van der Waals surface area contributed by atoms with Gasteiger partial charge in [-0.15, -0.1) is 0 Å². The van der Waals surface area contributed by atoms with E-state index in [-0.39, 0.29) is 5.97 Å². The SMILES string of the molecule is COC(=O)c1ccc2nc3[nH]c4ccccc4c3nc2c1. The molecule has 0 amide bonds. The smallest absolute Gasteiger partial charge is 0.337 e. The zero-order valence-electron chi connectivity index (χ0n) is 11.3. The molecule has 0 bridgehead atoms. The standard InChI is InChI=1S/C16H11N3O2/c1-21-16(20)9-6-7-12-13(8-9)17-14-10-4-2-3-5-11(10)18-15(14)19-12/h2-8H,1H3,(H,18,19). The summed E-state index contributed by atoms with van der Waals surface area (Å²) in [6.07, 6.45) is 0. The predicted octanol–water partition coefficient (Wildman–Crippen LogP) is 3.05. The number of nitrogens with zero attached hydrogens (tertiary/aromatic N) is 2. The molecule has 0 saturated heterocycles. The van der Waals surface area contributed by atoms with Crippen LogP contribution in [0, 0.1) is 0 Å². The molecule has 0 spiro atoms. The van der Waals surface area contributed by atoms with Crippen LogP contribution in [0.1, 0.15) is 10.4 Å². The van der Waals surface area contributed by atoms with E-state index in [0.717, 1.165) is 27.6 Å². The van der Waals surface area contributed by atoms with E-state index < -0.39 is 0 Å². The van der Waals surface area contributed by atoms with Gasteiger partial charge in [0.05, 0.1) is 23.7 Å². The molecule has 1 N–H and O–H groups in total. The number of fused-ring (bicyclic) bond motifs is 4. The average Bonchev–Trinajstić information content (AvgIpc) is 2.89. The third-order valence-electron chi connectivity index (χ3n) is 3.52. The van der Waals surface area contributed by atoms with Crippen molar-refractivity contribution in [1.82, 2.24) is 15.0 Å². The number of carbonyl (C=O) groups excluding carboxylic acids is 1. The number of aromatic amines is 1. The van der Waals surface area contributed by atoms with Gasteiger partial charge >= 0.3 is 5.97 Å². The fourth-order valence-corrected chi connectivity index (χ4v) is 2.50. The van der Waals surface area contributed by atoms with Crippen molar-refractivity contribution in [2.24, 2.45) is 0 Å². The number of hydrogen-bond acceptors (Lipinski definition) is 4. The van der Waals surface area contributed by atoms with E-state index in [0.29, 0.717) is 11.1 Å². The Kier molecular flexibility index (Phi) is 2.41. The van der Waals surface area contributed by atoms with Crippen LogP contribution in [0.25, 0.3) is 33.1 Å². The molecule has 2 heterocycles. The summed E-state index contributed by atoms with van der Waals surface area (Å²) in [5, 5.41) is 1.02. The molecule has 4 rings (SSSR count). The number of carbonyl (C=O) groups is 1. The van der Waals surface area contributed by atoms with Crippen molar-refractivity contribution in [1.29, 1.82) is 0 Å². The molecule has 5 heteroatoms. The Morgan fingerprint density at radius 1 is 1.10 bits per heavy atom. The molecular formula is C16H11N3O2. The quantitative estimate of drug-likeness (QED) is 0.543. The Hall–Kier alpha value is -2.95. The number of methoxy groups -OCH3 is 1. The number of para-hydroxylation sites is 1. The van der Waals surface area contributed by atoms with Crippen molar-refractivity contribution in [3.63, 3.8) is 0 Å². The van der Waals surface area contributed by atoms with Crippen LogP contribution >= 0.6 is 0 Å². The summed E-state index contributed by atoms with van der Waals surface area (Å²) in [4.78, 5) is 24.1. The highest BCUT2D eigenvalue weighted by atomic mass is 16.5. The number of aromatic nitrogens is 3. The molecule has 0 unspecified atom stereocenters. The molecule has 0 fully saturated rings. The number of benzene rings is 2. The van der Waals surface area contributed by atoms with Gasteiger partial charge in [0.2, 0.25) is 0 Å². The molecule has 5 nitrogen and oxygen atoms in total. The van der Waals surface area contributed by atoms with Crippen LogP contribution in [0.3, 0.4) is 0 Å². The first kappa shape index (κ1) is 11.8. The van der Waals surface area contributed by atoms with Gasteiger partial charge in [-0.1, -0.05) is 18.2 Å². The van der Waals surface area contributed by atoms with Crippen LogP contribution in [0.15, 0.2) is 42.5 Å². The zero-order chi connectivity index (χ0) is 14.4. The largest absolute Gasteiger partial charge is 0.465 e. The van der Waals surface area contributed by atoms with E-state index >= 15 is 0 Å². The number of ether oxygens (including phenoxy) is 1. The minimum atomic E-state index is -0.377. The van der Waals surface area contributed by atoms with E-state index in [2.05, 4.69) is 15.0 Å². The predicted molar refractivity (Wildman–Crippen MR) is 80.2 cm³/mol. The van der Waals surface area contributed by atoms with Crippen molar-refractivity contribution < 1.29 is 9.53 Å². The molecule has 102 valence electrons. The molecule has 21 heavy (non-hydrogen) atoms. The molecule has 0 radical (unpaired) electrons. The van der Waals surface area contributed by atoms with Gasteiger partial charge in [0.1, 0.15) is 5.52 Å². The maximum Gasteiger partial charge on any atom is 0.337 e. The molecule has 0 aliphatic carbocycles. The molecule has 4 aromatic rings. The summed E-state index contributed by atoms with van der Waals surface area (Å²) in [5.74, 6) is -0.377. The van der Waals surface area contributed by atoms with Gasteiger partial charge in [-0.25, -0.2) is 14.8 Å². The van der Waals surface area contributed by atoms with Gasteiger partial charge in [0.15, 0.2) is 5.65 Å². The number of nitrogens with one attached hydrogen (secondary N) is 1. The zero-order valence-corrected chi connectivity index (χ0v) is 11.3. The van der Waals surface area contributed by atoms with Gasteiger partial charge in [0, 0.05) is 10.9 Å².